The van der Waals surface area contributed by atoms with Crippen LogP contribution in [0.5, 0.6) is 5.75 Å². The predicted octanol–water partition coefficient (Wildman–Crippen LogP) is 2.59. The van der Waals surface area contributed by atoms with E-state index >= 15 is 0 Å². The second kappa shape index (κ2) is 8.32. The van der Waals surface area contributed by atoms with E-state index in [0.717, 1.165) is 28.0 Å². The third kappa shape index (κ3) is 4.23. The van der Waals surface area contributed by atoms with Crippen molar-refractivity contribution in [1.29, 1.82) is 0 Å². The average molecular weight is 404 g/mol. The first-order chi connectivity index (χ1) is 14.5. The van der Waals surface area contributed by atoms with Gasteiger partial charge in [-0.05, 0) is 41.8 Å². The van der Waals surface area contributed by atoms with Crippen molar-refractivity contribution in [2.75, 3.05) is 12.4 Å². The zero-order valence-electron chi connectivity index (χ0n) is 16.7. The summed E-state index contributed by atoms with van der Waals surface area (Å²) in [5.74, 6) is 0.620. The smallest absolute Gasteiger partial charge is 0.405 e. The highest BCUT2D eigenvalue weighted by Gasteiger charge is 2.33. The maximum Gasteiger partial charge on any atom is 0.405 e. The summed E-state index contributed by atoms with van der Waals surface area (Å²) >= 11 is 0. The van der Waals surface area contributed by atoms with Crippen molar-refractivity contribution in [2.45, 2.75) is 19.4 Å². The molecule has 6 nitrogen and oxygen atoms in total. The maximum absolute atomic E-state index is 12.5. The van der Waals surface area contributed by atoms with Crippen molar-refractivity contribution in [3.05, 3.63) is 77.9 Å². The average Bonchev–Trinajstić information content (AvgIpc) is 3.08. The molecule has 3 aromatic rings. The Balaban J connectivity index is 1.44. The molecule has 0 atom stereocenters. The molecule has 0 bridgehead atoms. The number of hydrogen-bond acceptors (Lipinski definition) is 5. The number of anilines is 1. The Morgan fingerprint density at radius 2 is 1.80 bits per heavy atom. The van der Waals surface area contributed by atoms with Gasteiger partial charge in [0.25, 0.3) is 0 Å². The van der Waals surface area contributed by atoms with Crippen LogP contribution in [0.25, 0.3) is 11.1 Å². The number of rotatable bonds is 6. The third-order valence-electron chi connectivity index (χ3n) is 5.30. The van der Waals surface area contributed by atoms with Gasteiger partial charge in [-0.1, -0.05) is 53.6 Å². The van der Waals surface area contributed by atoms with Gasteiger partial charge >= 0.3 is 6.75 Å². The first kappa shape index (κ1) is 20.2. The molecule has 0 spiro atoms. The molecule has 1 aliphatic rings. The molecule has 0 saturated carbocycles. The van der Waals surface area contributed by atoms with Crippen molar-refractivity contribution < 1.29 is 24.2 Å². The summed E-state index contributed by atoms with van der Waals surface area (Å²) in [5, 5.41) is 23.1. The SMILES string of the molecule is COc1cccc(-c2cccc(NC(=O)CCc3cccc4c3[B-](O)(O)OC4)c2)c1. The zero-order valence-corrected chi connectivity index (χ0v) is 16.7. The van der Waals surface area contributed by atoms with E-state index in [0.29, 0.717) is 17.6 Å². The fourth-order valence-electron chi connectivity index (χ4n) is 3.83. The molecule has 1 amide bonds. The van der Waals surface area contributed by atoms with Gasteiger partial charge in [0.2, 0.25) is 5.91 Å². The van der Waals surface area contributed by atoms with Crippen molar-refractivity contribution in [1.82, 2.24) is 0 Å². The van der Waals surface area contributed by atoms with E-state index in [1.165, 1.54) is 0 Å². The zero-order chi connectivity index (χ0) is 21.1. The van der Waals surface area contributed by atoms with Crippen LogP contribution in [0.15, 0.2) is 66.7 Å². The van der Waals surface area contributed by atoms with Gasteiger partial charge in [-0.2, -0.15) is 0 Å². The molecule has 3 aromatic carbocycles. The molecule has 1 aliphatic heterocycles. The van der Waals surface area contributed by atoms with Crippen LogP contribution in [0, 0.1) is 0 Å². The van der Waals surface area contributed by atoms with Gasteiger partial charge in [-0.15, -0.1) is 5.46 Å². The van der Waals surface area contributed by atoms with Gasteiger partial charge in [0, 0.05) is 18.7 Å². The van der Waals surface area contributed by atoms with E-state index in [1.54, 1.807) is 19.2 Å². The lowest BCUT2D eigenvalue weighted by atomic mass is 9.67. The second-order valence-electron chi connectivity index (χ2n) is 7.36. The lowest BCUT2D eigenvalue weighted by Crippen LogP contribution is -2.49. The Kier molecular flexibility index (Phi) is 5.59. The molecular weight excluding hydrogens is 381 g/mol. The first-order valence-corrected chi connectivity index (χ1v) is 9.84. The molecular formula is C23H23BNO5-. The van der Waals surface area contributed by atoms with Crippen LogP contribution >= 0.6 is 0 Å². The van der Waals surface area contributed by atoms with Gasteiger partial charge < -0.3 is 24.8 Å². The van der Waals surface area contributed by atoms with Crippen molar-refractivity contribution >= 4 is 23.8 Å². The van der Waals surface area contributed by atoms with E-state index in [2.05, 4.69) is 5.32 Å². The molecule has 30 heavy (non-hydrogen) atoms. The molecule has 0 radical (unpaired) electrons. The lowest BCUT2D eigenvalue weighted by Gasteiger charge is -2.25. The minimum absolute atomic E-state index is 0.150. The molecule has 0 saturated heterocycles. The van der Waals surface area contributed by atoms with Gasteiger partial charge in [0.1, 0.15) is 5.75 Å². The Hall–Kier alpha value is -3.13. The monoisotopic (exact) mass is 404 g/mol. The Morgan fingerprint density at radius 1 is 1.07 bits per heavy atom. The number of methoxy groups -OCH3 is 1. The highest BCUT2D eigenvalue weighted by atomic mass is 16.6. The normalized spacial score (nSPS) is 14.2. The van der Waals surface area contributed by atoms with E-state index in [4.69, 9.17) is 9.39 Å². The number of aryl methyl sites for hydroxylation is 1. The van der Waals surface area contributed by atoms with Crippen LogP contribution in [0.1, 0.15) is 17.5 Å². The number of amides is 1. The molecule has 3 N–H and O–H groups in total. The summed E-state index contributed by atoms with van der Waals surface area (Å²) < 4.78 is 10.4. The fraction of sp³-hybridized carbons (Fsp3) is 0.174. The summed E-state index contributed by atoms with van der Waals surface area (Å²) in [5.41, 5.74) is 4.54. The van der Waals surface area contributed by atoms with E-state index < -0.39 is 6.75 Å². The number of carbonyl (C=O) groups excluding carboxylic acids is 1. The topological polar surface area (TPSA) is 88.0 Å². The Bertz CT molecular complexity index is 1080. The first-order valence-electron chi connectivity index (χ1n) is 9.84. The number of fused-ring (bicyclic) bond motifs is 1. The predicted molar refractivity (Wildman–Crippen MR) is 116 cm³/mol. The Morgan fingerprint density at radius 3 is 2.60 bits per heavy atom. The number of carbonyl (C=O) groups is 1. The van der Waals surface area contributed by atoms with E-state index in [9.17, 15) is 14.8 Å². The molecule has 1 heterocycles. The summed E-state index contributed by atoms with van der Waals surface area (Å²) in [6.45, 7) is -2.83. The van der Waals surface area contributed by atoms with Gasteiger partial charge in [-0.3, -0.25) is 4.79 Å². The third-order valence-corrected chi connectivity index (χ3v) is 5.30. The number of hydrogen-bond donors (Lipinski definition) is 3. The van der Waals surface area contributed by atoms with Crippen LogP contribution in [0.4, 0.5) is 5.69 Å². The highest BCUT2D eigenvalue weighted by molar-refractivity contribution is 6.74. The fourth-order valence-corrected chi connectivity index (χ4v) is 3.83. The maximum atomic E-state index is 12.5. The summed E-state index contributed by atoms with van der Waals surface area (Å²) in [4.78, 5) is 12.5. The summed E-state index contributed by atoms with van der Waals surface area (Å²) in [6, 6.07) is 20.8. The molecule has 4 rings (SSSR count). The molecule has 0 aliphatic carbocycles. The second-order valence-corrected chi connectivity index (χ2v) is 7.36. The molecule has 154 valence electrons. The van der Waals surface area contributed by atoms with Crippen LogP contribution in [-0.4, -0.2) is 29.8 Å². The van der Waals surface area contributed by atoms with Crippen LogP contribution in [-0.2, 0) is 22.5 Å². The minimum Gasteiger partial charge on any atom is -0.556 e. The molecule has 7 heteroatoms. The van der Waals surface area contributed by atoms with Gasteiger partial charge in [0.05, 0.1) is 7.11 Å². The summed E-state index contributed by atoms with van der Waals surface area (Å²) in [6.07, 6.45) is 0.602. The largest absolute Gasteiger partial charge is 0.556 e. The van der Waals surface area contributed by atoms with Crippen molar-refractivity contribution in [3.63, 3.8) is 0 Å². The number of benzene rings is 3. The lowest BCUT2D eigenvalue weighted by molar-refractivity contribution is -0.116. The molecule has 0 fully saturated rings. The van der Waals surface area contributed by atoms with E-state index in [1.807, 2.05) is 54.6 Å². The van der Waals surface area contributed by atoms with E-state index in [-0.39, 0.29) is 18.9 Å². The standard InChI is InChI=1S/C23H23BNO5/c1-29-21-10-4-7-18(14-21)17-6-3-9-20(13-17)25-22(26)12-11-16-5-2-8-19-15-30-24(27,28)23(16)19/h2-10,13-14,27-28H,11-12,15H2,1H3,(H,25,26)/q-1. The highest BCUT2D eigenvalue weighted by Crippen LogP contribution is 2.26. The van der Waals surface area contributed by atoms with Crippen molar-refractivity contribution in [2.24, 2.45) is 0 Å². The van der Waals surface area contributed by atoms with Crippen molar-refractivity contribution in [3.8, 4) is 16.9 Å². The molecule has 0 unspecified atom stereocenters. The quantitative estimate of drug-likeness (QED) is 0.550. The van der Waals surface area contributed by atoms with Gasteiger partial charge in [0.15, 0.2) is 0 Å². The van der Waals surface area contributed by atoms with Crippen LogP contribution in [0.3, 0.4) is 0 Å². The summed E-state index contributed by atoms with van der Waals surface area (Å²) in [7, 11) is 1.63. The Labute approximate surface area is 175 Å². The minimum atomic E-state index is -2.99. The number of ether oxygens (including phenoxy) is 1. The van der Waals surface area contributed by atoms with Crippen LogP contribution in [0.2, 0.25) is 0 Å². The van der Waals surface area contributed by atoms with Crippen LogP contribution < -0.4 is 15.5 Å². The number of nitrogens with one attached hydrogen (secondary N) is 1. The molecule has 0 aromatic heterocycles. The van der Waals surface area contributed by atoms with Gasteiger partial charge in [-0.25, -0.2) is 0 Å².